The SMILES string of the molecule is O=C(COCc1nc2ccccc2s1)N1CCCC1c1ccccc1. The zero-order valence-corrected chi connectivity index (χ0v) is 14.7. The first-order valence-corrected chi connectivity index (χ1v) is 9.39. The normalized spacial score (nSPS) is 17.3. The number of likely N-dealkylation sites (tertiary alicyclic amines) is 1. The first-order chi connectivity index (χ1) is 12.3. The highest BCUT2D eigenvalue weighted by molar-refractivity contribution is 7.18. The first kappa shape index (κ1) is 16.2. The van der Waals surface area contributed by atoms with E-state index >= 15 is 0 Å². The molecule has 0 aliphatic carbocycles. The molecule has 3 aromatic rings. The third-order valence-electron chi connectivity index (χ3n) is 4.55. The number of rotatable bonds is 5. The maximum absolute atomic E-state index is 12.6. The number of amides is 1. The summed E-state index contributed by atoms with van der Waals surface area (Å²) in [6.07, 6.45) is 2.07. The van der Waals surface area contributed by atoms with Gasteiger partial charge in [-0.05, 0) is 30.5 Å². The van der Waals surface area contributed by atoms with Gasteiger partial charge in [0.15, 0.2) is 0 Å². The summed E-state index contributed by atoms with van der Waals surface area (Å²) in [7, 11) is 0. The maximum atomic E-state index is 12.6. The fourth-order valence-corrected chi connectivity index (χ4v) is 4.28. The Kier molecular flexibility index (Phi) is 4.76. The summed E-state index contributed by atoms with van der Waals surface area (Å²) in [5.41, 5.74) is 2.20. The fraction of sp³-hybridized carbons (Fsp3) is 0.300. The van der Waals surface area contributed by atoms with Crippen LogP contribution in [0.25, 0.3) is 10.2 Å². The molecule has 0 saturated carbocycles. The number of fused-ring (bicyclic) bond motifs is 1. The van der Waals surface area contributed by atoms with Crippen LogP contribution in [0.3, 0.4) is 0 Å². The molecule has 5 heteroatoms. The van der Waals surface area contributed by atoms with Crippen molar-refractivity contribution in [2.75, 3.05) is 13.2 Å². The van der Waals surface area contributed by atoms with E-state index in [4.69, 9.17) is 4.74 Å². The summed E-state index contributed by atoms with van der Waals surface area (Å²) in [5, 5.41) is 0.912. The summed E-state index contributed by atoms with van der Waals surface area (Å²) >= 11 is 1.62. The van der Waals surface area contributed by atoms with Crippen molar-refractivity contribution in [1.82, 2.24) is 9.88 Å². The van der Waals surface area contributed by atoms with Crippen molar-refractivity contribution in [2.45, 2.75) is 25.5 Å². The zero-order chi connectivity index (χ0) is 17.1. The number of carbonyl (C=O) groups excluding carboxylic acids is 1. The molecule has 1 aliphatic rings. The molecule has 0 N–H and O–H groups in total. The molecule has 128 valence electrons. The lowest BCUT2D eigenvalue weighted by Gasteiger charge is -2.25. The smallest absolute Gasteiger partial charge is 0.249 e. The van der Waals surface area contributed by atoms with Crippen molar-refractivity contribution in [2.24, 2.45) is 0 Å². The monoisotopic (exact) mass is 352 g/mol. The molecule has 1 atom stereocenters. The third kappa shape index (κ3) is 3.57. The minimum atomic E-state index is 0.0625. The number of hydrogen-bond acceptors (Lipinski definition) is 4. The Balaban J connectivity index is 1.35. The molecule has 4 rings (SSSR count). The van der Waals surface area contributed by atoms with Crippen LogP contribution in [0.4, 0.5) is 0 Å². The highest BCUT2D eigenvalue weighted by Gasteiger charge is 2.29. The second kappa shape index (κ2) is 7.33. The standard InChI is InChI=1S/C20H20N2O2S/c23-20(22-12-6-10-17(22)15-7-2-1-3-8-15)14-24-13-19-21-16-9-4-5-11-18(16)25-19/h1-5,7-9,11,17H,6,10,12-14H2. The Labute approximate surface area is 151 Å². The van der Waals surface area contributed by atoms with Crippen molar-refractivity contribution in [1.29, 1.82) is 0 Å². The van der Waals surface area contributed by atoms with Crippen LogP contribution >= 0.6 is 11.3 Å². The van der Waals surface area contributed by atoms with Gasteiger partial charge in [-0.2, -0.15) is 0 Å². The van der Waals surface area contributed by atoms with Gasteiger partial charge in [-0.1, -0.05) is 42.5 Å². The molecule has 1 aromatic heterocycles. The molecule has 1 unspecified atom stereocenters. The van der Waals surface area contributed by atoms with Gasteiger partial charge in [0, 0.05) is 6.54 Å². The molecule has 1 aliphatic heterocycles. The van der Waals surface area contributed by atoms with Gasteiger partial charge >= 0.3 is 0 Å². The Morgan fingerprint density at radius 2 is 1.96 bits per heavy atom. The summed E-state index contributed by atoms with van der Waals surface area (Å²) in [4.78, 5) is 19.1. The van der Waals surface area contributed by atoms with Crippen LogP contribution in [0.1, 0.15) is 29.5 Å². The Morgan fingerprint density at radius 3 is 2.80 bits per heavy atom. The summed E-state index contributed by atoms with van der Waals surface area (Å²) in [6, 6.07) is 18.5. The quantitative estimate of drug-likeness (QED) is 0.692. The number of benzene rings is 2. The van der Waals surface area contributed by atoms with Gasteiger partial charge in [0.25, 0.3) is 0 Å². The summed E-state index contributed by atoms with van der Waals surface area (Å²) in [5.74, 6) is 0.0625. The number of ether oxygens (including phenoxy) is 1. The van der Waals surface area contributed by atoms with Gasteiger partial charge in [-0.25, -0.2) is 4.98 Å². The maximum Gasteiger partial charge on any atom is 0.249 e. The Bertz CT molecular complexity index is 829. The highest BCUT2D eigenvalue weighted by atomic mass is 32.1. The third-order valence-corrected chi connectivity index (χ3v) is 5.56. The highest BCUT2D eigenvalue weighted by Crippen LogP contribution is 2.31. The van der Waals surface area contributed by atoms with E-state index in [0.717, 1.165) is 34.6 Å². The van der Waals surface area contributed by atoms with E-state index in [1.165, 1.54) is 5.56 Å². The van der Waals surface area contributed by atoms with Gasteiger partial charge in [0.2, 0.25) is 5.91 Å². The van der Waals surface area contributed by atoms with Crippen LogP contribution in [0.2, 0.25) is 0 Å². The van der Waals surface area contributed by atoms with E-state index in [-0.39, 0.29) is 18.6 Å². The number of thiazole rings is 1. The molecule has 4 nitrogen and oxygen atoms in total. The molecule has 0 spiro atoms. The molecule has 1 fully saturated rings. The van der Waals surface area contributed by atoms with Crippen LogP contribution in [0.15, 0.2) is 54.6 Å². The number of hydrogen-bond donors (Lipinski definition) is 0. The Morgan fingerprint density at radius 1 is 1.16 bits per heavy atom. The van der Waals surface area contributed by atoms with Crippen molar-refractivity contribution < 1.29 is 9.53 Å². The predicted octanol–water partition coefficient (Wildman–Crippen LogP) is 4.18. The molecule has 2 aromatic carbocycles. The molecule has 1 saturated heterocycles. The summed E-state index contributed by atoms with van der Waals surface area (Å²) in [6.45, 7) is 1.30. The van der Waals surface area contributed by atoms with Crippen LogP contribution in [-0.2, 0) is 16.1 Å². The van der Waals surface area contributed by atoms with Crippen molar-refractivity contribution >= 4 is 27.5 Å². The summed E-state index contributed by atoms with van der Waals surface area (Å²) < 4.78 is 6.81. The van der Waals surface area contributed by atoms with E-state index in [9.17, 15) is 4.79 Å². The number of nitrogens with zero attached hydrogens (tertiary/aromatic N) is 2. The van der Waals surface area contributed by atoms with E-state index in [0.29, 0.717) is 6.61 Å². The van der Waals surface area contributed by atoms with Crippen LogP contribution < -0.4 is 0 Å². The van der Waals surface area contributed by atoms with Crippen LogP contribution in [0, 0.1) is 0 Å². The molecule has 2 heterocycles. The largest absolute Gasteiger partial charge is 0.364 e. The van der Waals surface area contributed by atoms with Crippen molar-refractivity contribution in [3.05, 3.63) is 65.2 Å². The van der Waals surface area contributed by atoms with E-state index in [1.807, 2.05) is 41.3 Å². The molecule has 1 amide bonds. The topological polar surface area (TPSA) is 42.4 Å². The lowest BCUT2D eigenvalue weighted by atomic mass is 10.0. The zero-order valence-electron chi connectivity index (χ0n) is 13.9. The van der Waals surface area contributed by atoms with Gasteiger partial charge in [-0.3, -0.25) is 4.79 Å². The van der Waals surface area contributed by atoms with E-state index in [1.54, 1.807) is 11.3 Å². The molecular weight excluding hydrogens is 332 g/mol. The number of carbonyl (C=O) groups is 1. The van der Waals surface area contributed by atoms with Gasteiger partial charge < -0.3 is 9.64 Å². The second-order valence-corrected chi connectivity index (χ2v) is 7.34. The number of aromatic nitrogens is 1. The van der Waals surface area contributed by atoms with Crippen molar-refractivity contribution in [3.8, 4) is 0 Å². The average molecular weight is 352 g/mol. The van der Waals surface area contributed by atoms with Gasteiger partial charge in [0.05, 0.1) is 22.9 Å². The Hall–Kier alpha value is -2.24. The van der Waals surface area contributed by atoms with Crippen LogP contribution in [0.5, 0.6) is 0 Å². The van der Waals surface area contributed by atoms with Gasteiger partial charge in [0.1, 0.15) is 11.6 Å². The van der Waals surface area contributed by atoms with E-state index < -0.39 is 0 Å². The lowest BCUT2D eigenvalue weighted by molar-refractivity contribution is -0.137. The second-order valence-electron chi connectivity index (χ2n) is 6.22. The van der Waals surface area contributed by atoms with Gasteiger partial charge in [-0.15, -0.1) is 11.3 Å². The first-order valence-electron chi connectivity index (χ1n) is 8.58. The number of para-hydroxylation sites is 1. The lowest BCUT2D eigenvalue weighted by Crippen LogP contribution is -2.33. The average Bonchev–Trinajstić information content (AvgIpc) is 3.29. The van der Waals surface area contributed by atoms with E-state index in [2.05, 4.69) is 23.2 Å². The molecular formula is C20H20N2O2S. The molecule has 25 heavy (non-hydrogen) atoms. The minimum Gasteiger partial charge on any atom is -0.364 e. The molecule has 0 radical (unpaired) electrons. The predicted molar refractivity (Wildman–Crippen MR) is 99.4 cm³/mol. The van der Waals surface area contributed by atoms with Crippen molar-refractivity contribution in [3.63, 3.8) is 0 Å². The van der Waals surface area contributed by atoms with Crippen LogP contribution in [-0.4, -0.2) is 28.9 Å². The fourth-order valence-electron chi connectivity index (χ4n) is 3.38. The minimum absolute atomic E-state index is 0.0625. The molecule has 0 bridgehead atoms.